The van der Waals surface area contributed by atoms with Gasteiger partial charge in [0.05, 0.1) is 6.04 Å². The Balaban J connectivity index is 0.00000420. The van der Waals surface area contributed by atoms with Gasteiger partial charge in [-0.25, -0.2) is 4.39 Å². The summed E-state index contributed by atoms with van der Waals surface area (Å²) in [4.78, 5) is 9.65. The Hall–Kier alpha value is -1.14. The van der Waals surface area contributed by atoms with Crippen molar-refractivity contribution in [2.45, 2.75) is 25.2 Å². The van der Waals surface area contributed by atoms with Gasteiger partial charge in [0.15, 0.2) is 5.96 Å². The minimum absolute atomic E-state index is 0. The van der Waals surface area contributed by atoms with Gasteiger partial charge in [-0.15, -0.1) is 24.0 Å². The van der Waals surface area contributed by atoms with Crippen molar-refractivity contribution in [2.75, 3.05) is 53.9 Å². The first-order chi connectivity index (χ1) is 13.1. The number of aliphatic imine (C=N–C) groups is 1. The highest BCUT2D eigenvalue weighted by atomic mass is 127. The molecule has 0 aliphatic carbocycles. The van der Waals surface area contributed by atoms with Crippen LogP contribution >= 0.6 is 24.0 Å². The predicted octanol–water partition coefficient (Wildman–Crippen LogP) is 3.19. The number of alkyl halides is 3. The number of hydrogen-bond acceptors (Lipinski definition) is 3. The average Bonchev–Trinajstić information content (AvgIpc) is 2.64. The number of halogens is 5. The Morgan fingerprint density at radius 1 is 1.21 bits per heavy atom. The quantitative estimate of drug-likeness (QED) is 0.274. The number of guanidine groups is 1. The van der Waals surface area contributed by atoms with Gasteiger partial charge in [0, 0.05) is 39.8 Å². The van der Waals surface area contributed by atoms with E-state index in [2.05, 4.69) is 10.3 Å². The zero-order valence-electron chi connectivity index (χ0n) is 17.2. The summed E-state index contributed by atoms with van der Waals surface area (Å²) < 4.78 is 52.3. The molecule has 0 aromatic heterocycles. The number of likely N-dealkylation sites (N-methyl/N-ethyl adjacent to an activating group) is 1. The highest BCUT2D eigenvalue weighted by Crippen LogP contribution is 2.25. The molecule has 2 unspecified atom stereocenters. The Kier molecular flexibility index (Phi) is 10.1. The second kappa shape index (κ2) is 11.3. The molecule has 0 spiro atoms. The fourth-order valence-electron chi connectivity index (χ4n) is 3.36. The standard InChI is InChI=1S/C19H29F4N5.HI/c1-14(19(21,22)23)27-8-10-28(11-9-27)18(24-2)25-13-17(26(3)4)15-6-5-7-16(20)12-15;/h5-7,12,14,17H,8-11,13H2,1-4H3,(H,24,25);1H. The highest BCUT2D eigenvalue weighted by molar-refractivity contribution is 14.0. The van der Waals surface area contributed by atoms with Crippen LogP contribution in [0.1, 0.15) is 18.5 Å². The summed E-state index contributed by atoms with van der Waals surface area (Å²) in [7, 11) is 5.48. The Morgan fingerprint density at radius 3 is 2.31 bits per heavy atom. The minimum Gasteiger partial charge on any atom is -0.354 e. The highest BCUT2D eigenvalue weighted by Gasteiger charge is 2.41. The zero-order valence-corrected chi connectivity index (χ0v) is 19.5. The molecule has 0 radical (unpaired) electrons. The van der Waals surface area contributed by atoms with E-state index in [1.54, 1.807) is 13.1 Å². The summed E-state index contributed by atoms with van der Waals surface area (Å²) >= 11 is 0. The van der Waals surface area contributed by atoms with Crippen LogP contribution in [0.5, 0.6) is 0 Å². The van der Waals surface area contributed by atoms with Gasteiger partial charge in [-0.1, -0.05) is 12.1 Å². The van der Waals surface area contributed by atoms with Gasteiger partial charge in [-0.05, 0) is 38.7 Å². The second-order valence-corrected chi connectivity index (χ2v) is 7.20. The molecular weight excluding hydrogens is 501 g/mol. The van der Waals surface area contributed by atoms with Crippen molar-refractivity contribution < 1.29 is 17.6 Å². The average molecular weight is 531 g/mol. The molecule has 1 aromatic carbocycles. The van der Waals surface area contributed by atoms with Gasteiger partial charge in [0.1, 0.15) is 11.9 Å². The third-order valence-corrected chi connectivity index (χ3v) is 5.16. The Morgan fingerprint density at radius 2 is 1.83 bits per heavy atom. The predicted molar refractivity (Wildman–Crippen MR) is 118 cm³/mol. The summed E-state index contributed by atoms with van der Waals surface area (Å²) in [6.07, 6.45) is -4.22. The van der Waals surface area contributed by atoms with E-state index < -0.39 is 12.2 Å². The lowest BCUT2D eigenvalue weighted by molar-refractivity contribution is -0.181. The van der Waals surface area contributed by atoms with Gasteiger partial charge in [-0.2, -0.15) is 13.2 Å². The number of nitrogens with one attached hydrogen (secondary N) is 1. The van der Waals surface area contributed by atoms with E-state index in [0.717, 1.165) is 5.56 Å². The maximum atomic E-state index is 13.6. The van der Waals surface area contributed by atoms with Crippen LogP contribution in [0.2, 0.25) is 0 Å². The number of benzene rings is 1. The van der Waals surface area contributed by atoms with E-state index in [1.165, 1.54) is 24.0 Å². The smallest absolute Gasteiger partial charge is 0.354 e. The summed E-state index contributed by atoms with van der Waals surface area (Å²) in [5.74, 6) is 0.353. The second-order valence-electron chi connectivity index (χ2n) is 7.20. The van der Waals surface area contributed by atoms with Crippen molar-refractivity contribution in [3.05, 3.63) is 35.6 Å². The van der Waals surface area contributed by atoms with Crippen molar-refractivity contribution in [1.82, 2.24) is 20.0 Å². The Bertz CT molecular complexity index is 660. The lowest BCUT2D eigenvalue weighted by Gasteiger charge is -2.40. The van der Waals surface area contributed by atoms with Gasteiger partial charge in [-0.3, -0.25) is 9.89 Å². The largest absolute Gasteiger partial charge is 0.403 e. The van der Waals surface area contributed by atoms with Crippen molar-refractivity contribution in [3.8, 4) is 0 Å². The summed E-state index contributed by atoms with van der Waals surface area (Å²) in [5, 5.41) is 3.28. The van der Waals surface area contributed by atoms with Crippen LogP contribution in [-0.4, -0.2) is 86.7 Å². The number of hydrogen-bond donors (Lipinski definition) is 1. The first-order valence-corrected chi connectivity index (χ1v) is 9.31. The van der Waals surface area contributed by atoms with Crippen LogP contribution in [0.15, 0.2) is 29.3 Å². The first kappa shape index (κ1) is 25.9. The zero-order chi connectivity index (χ0) is 20.9. The summed E-state index contributed by atoms with van der Waals surface area (Å²) in [5.41, 5.74) is 0.844. The number of nitrogens with zero attached hydrogens (tertiary/aromatic N) is 4. The normalized spacial score (nSPS) is 18.4. The number of rotatable bonds is 5. The molecule has 0 saturated carbocycles. The van der Waals surface area contributed by atoms with Gasteiger partial charge >= 0.3 is 6.18 Å². The third-order valence-electron chi connectivity index (χ3n) is 5.16. The SMILES string of the molecule is CN=C(NCC(c1cccc(F)c1)N(C)C)N1CCN(C(C)C(F)(F)F)CC1.I. The molecule has 166 valence electrons. The van der Waals surface area contributed by atoms with Crippen LogP contribution < -0.4 is 5.32 Å². The van der Waals surface area contributed by atoms with E-state index in [0.29, 0.717) is 38.7 Å². The van der Waals surface area contributed by atoms with Crippen LogP contribution in [0.3, 0.4) is 0 Å². The van der Waals surface area contributed by atoms with Crippen LogP contribution in [0, 0.1) is 5.82 Å². The molecule has 2 rings (SSSR count). The topological polar surface area (TPSA) is 34.1 Å². The van der Waals surface area contributed by atoms with E-state index in [-0.39, 0.29) is 35.8 Å². The fraction of sp³-hybridized carbons (Fsp3) is 0.632. The minimum atomic E-state index is -4.22. The molecule has 1 N–H and O–H groups in total. The van der Waals surface area contributed by atoms with E-state index >= 15 is 0 Å². The summed E-state index contributed by atoms with van der Waals surface area (Å²) in [6, 6.07) is 4.94. The number of piperazine rings is 1. The maximum Gasteiger partial charge on any atom is 0.403 e. The van der Waals surface area contributed by atoms with Crippen molar-refractivity contribution >= 4 is 29.9 Å². The molecule has 1 heterocycles. The molecule has 1 aliphatic heterocycles. The molecule has 0 amide bonds. The first-order valence-electron chi connectivity index (χ1n) is 9.31. The molecule has 1 fully saturated rings. The third kappa shape index (κ3) is 7.25. The van der Waals surface area contributed by atoms with Crippen molar-refractivity contribution in [2.24, 2.45) is 4.99 Å². The van der Waals surface area contributed by atoms with Gasteiger partial charge in [0.25, 0.3) is 0 Å². The molecule has 1 aromatic rings. The maximum absolute atomic E-state index is 13.6. The molecular formula is C19H30F4IN5. The Labute approximate surface area is 187 Å². The molecule has 2 atom stereocenters. The monoisotopic (exact) mass is 531 g/mol. The van der Waals surface area contributed by atoms with E-state index in [1.807, 2.05) is 30.0 Å². The van der Waals surface area contributed by atoms with Gasteiger partial charge in [0.2, 0.25) is 0 Å². The molecule has 1 aliphatic rings. The molecule has 1 saturated heterocycles. The molecule has 0 bridgehead atoms. The molecule has 5 nitrogen and oxygen atoms in total. The van der Waals surface area contributed by atoms with Gasteiger partial charge < -0.3 is 15.1 Å². The van der Waals surface area contributed by atoms with E-state index in [4.69, 9.17) is 0 Å². The molecule has 29 heavy (non-hydrogen) atoms. The van der Waals surface area contributed by atoms with Crippen molar-refractivity contribution in [3.63, 3.8) is 0 Å². The van der Waals surface area contributed by atoms with Crippen molar-refractivity contribution in [1.29, 1.82) is 0 Å². The lowest BCUT2D eigenvalue weighted by atomic mass is 10.1. The van der Waals surface area contributed by atoms with Crippen LogP contribution in [-0.2, 0) is 0 Å². The van der Waals surface area contributed by atoms with Crippen LogP contribution in [0.4, 0.5) is 17.6 Å². The van der Waals surface area contributed by atoms with E-state index in [9.17, 15) is 17.6 Å². The summed E-state index contributed by atoms with van der Waals surface area (Å²) in [6.45, 7) is 3.27. The fourth-order valence-corrected chi connectivity index (χ4v) is 3.36. The van der Waals surface area contributed by atoms with Crippen LogP contribution in [0.25, 0.3) is 0 Å². The lowest BCUT2D eigenvalue weighted by Crippen LogP contribution is -2.57. The molecule has 10 heteroatoms.